The van der Waals surface area contributed by atoms with E-state index in [1.807, 2.05) is 6.08 Å². The SMILES string of the molecule is COC1=C(O)CC=C(C2OCC3(C)C(C4=CC=C(O)C(OC)C4)OCC23C)C1. The number of allylic oxidation sites excluding steroid dienone is 4. The van der Waals surface area contributed by atoms with E-state index in [-0.39, 0.29) is 34.9 Å². The number of hydrogen-bond donors (Lipinski definition) is 2. The number of aliphatic hydroxyl groups is 2. The van der Waals surface area contributed by atoms with Crippen molar-refractivity contribution in [2.24, 2.45) is 10.8 Å². The van der Waals surface area contributed by atoms with Gasteiger partial charge in [-0.2, -0.15) is 0 Å². The molecule has 6 nitrogen and oxygen atoms in total. The molecule has 0 amide bonds. The summed E-state index contributed by atoms with van der Waals surface area (Å²) in [5.74, 6) is 1.17. The Morgan fingerprint density at radius 3 is 2.25 bits per heavy atom. The third-order valence-electron chi connectivity index (χ3n) is 7.23. The molecule has 2 N–H and O–H groups in total. The lowest BCUT2D eigenvalue weighted by molar-refractivity contribution is 0.0127. The number of ether oxygens (including phenoxy) is 4. The van der Waals surface area contributed by atoms with Gasteiger partial charge in [-0.25, -0.2) is 0 Å². The van der Waals surface area contributed by atoms with Crippen LogP contribution in [0, 0.1) is 10.8 Å². The van der Waals surface area contributed by atoms with E-state index in [2.05, 4.69) is 19.9 Å². The third-order valence-corrected chi connectivity index (χ3v) is 7.23. The van der Waals surface area contributed by atoms with Crippen LogP contribution in [0.2, 0.25) is 0 Å². The Balaban J connectivity index is 1.59. The van der Waals surface area contributed by atoms with Crippen molar-refractivity contribution in [3.63, 3.8) is 0 Å². The lowest BCUT2D eigenvalue weighted by atomic mass is 9.61. The Kier molecular flexibility index (Phi) is 4.84. The molecule has 154 valence electrons. The first kappa shape index (κ1) is 19.6. The topological polar surface area (TPSA) is 77.4 Å². The van der Waals surface area contributed by atoms with Crippen LogP contribution in [0.3, 0.4) is 0 Å². The molecule has 0 spiro atoms. The second-order valence-corrected chi connectivity index (χ2v) is 8.71. The predicted octanol–water partition coefficient (Wildman–Crippen LogP) is 3.72. The predicted molar refractivity (Wildman–Crippen MR) is 104 cm³/mol. The van der Waals surface area contributed by atoms with E-state index in [1.54, 1.807) is 20.3 Å². The molecule has 0 saturated carbocycles. The van der Waals surface area contributed by atoms with Crippen molar-refractivity contribution in [1.29, 1.82) is 0 Å². The Bertz CT molecular complexity index is 778. The molecule has 0 bridgehead atoms. The molecule has 0 radical (unpaired) electrons. The van der Waals surface area contributed by atoms with Crippen molar-refractivity contribution in [1.82, 2.24) is 0 Å². The maximum Gasteiger partial charge on any atom is 0.137 e. The maximum absolute atomic E-state index is 10.0. The van der Waals surface area contributed by atoms with Crippen LogP contribution >= 0.6 is 0 Å². The van der Waals surface area contributed by atoms with Crippen LogP contribution in [0.4, 0.5) is 0 Å². The van der Waals surface area contributed by atoms with Crippen LogP contribution < -0.4 is 0 Å². The summed E-state index contributed by atoms with van der Waals surface area (Å²) in [4.78, 5) is 0. The Morgan fingerprint density at radius 1 is 1.00 bits per heavy atom. The highest BCUT2D eigenvalue weighted by Crippen LogP contribution is 2.60. The van der Waals surface area contributed by atoms with Gasteiger partial charge in [0.25, 0.3) is 0 Å². The quantitative estimate of drug-likeness (QED) is 0.713. The van der Waals surface area contributed by atoms with Crippen LogP contribution in [0.25, 0.3) is 0 Å². The fraction of sp³-hybridized carbons (Fsp3) is 0.636. The smallest absolute Gasteiger partial charge is 0.137 e. The first-order chi connectivity index (χ1) is 13.3. The number of aliphatic hydroxyl groups excluding tert-OH is 2. The summed E-state index contributed by atoms with van der Waals surface area (Å²) in [7, 11) is 3.20. The van der Waals surface area contributed by atoms with E-state index in [0.717, 1.165) is 11.1 Å². The molecular formula is C22H30O6. The van der Waals surface area contributed by atoms with Crippen molar-refractivity contribution in [2.45, 2.75) is 51.4 Å². The van der Waals surface area contributed by atoms with Gasteiger partial charge in [0.2, 0.25) is 0 Å². The number of rotatable bonds is 4. The lowest BCUT2D eigenvalue weighted by Crippen LogP contribution is -2.44. The van der Waals surface area contributed by atoms with Crippen molar-refractivity contribution in [3.8, 4) is 0 Å². The molecule has 2 aliphatic heterocycles. The molecule has 2 heterocycles. The molecule has 2 fully saturated rings. The zero-order valence-electron chi connectivity index (χ0n) is 17.0. The summed E-state index contributed by atoms with van der Waals surface area (Å²) in [6.07, 6.45) is 6.91. The van der Waals surface area contributed by atoms with Crippen LogP contribution in [0.1, 0.15) is 33.1 Å². The van der Waals surface area contributed by atoms with E-state index in [9.17, 15) is 10.2 Å². The Morgan fingerprint density at radius 2 is 1.64 bits per heavy atom. The first-order valence-corrected chi connectivity index (χ1v) is 9.83. The van der Waals surface area contributed by atoms with Crippen molar-refractivity contribution in [3.05, 3.63) is 46.7 Å². The van der Waals surface area contributed by atoms with E-state index in [1.165, 1.54) is 0 Å². The largest absolute Gasteiger partial charge is 0.510 e. The van der Waals surface area contributed by atoms with Gasteiger partial charge in [0.05, 0.1) is 32.5 Å². The molecule has 4 aliphatic rings. The molecule has 28 heavy (non-hydrogen) atoms. The molecule has 2 aliphatic carbocycles. The molecule has 0 aromatic heterocycles. The van der Waals surface area contributed by atoms with Gasteiger partial charge in [-0.3, -0.25) is 0 Å². The molecule has 2 saturated heterocycles. The van der Waals surface area contributed by atoms with Crippen molar-refractivity contribution in [2.75, 3.05) is 27.4 Å². The highest BCUT2D eigenvalue weighted by atomic mass is 16.5. The van der Waals surface area contributed by atoms with Gasteiger partial charge >= 0.3 is 0 Å². The van der Waals surface area contributed by atoms with E-state index < -0.39 is 0 Å². The lowest BCUT2D eigenvalue weighted by Gasteiger charge is -2.39. The minimum absolute atomic E-state index is 0.0768. The standard InChI is InChI=1S/C22H30O6/c1-21-11-27-20(14-6-8-16(24)18(10-14)26-4)22(21,2)12-28-19(21)13-5-7-15(23)17(9-13)25-3/h5-7,17,19-20,23-24H,8-12H2,1-4H3. The fourth-order valence-corrected chi connectivity index (χ4v) is 5.17. The molecule has 0 aromatic carbocycles. The minimum atomic E-state index is -0.324. The van der Waals surface area contributed by atoms with Gasteiger partial charge in [-0.1, -0.05) is 26.0 Å². The summed E-state index contributed by atoms with van der Waals surface area (Å²) in [5, 5.41) is 20.0. The van der Waals surface area contributed by atoms with Crippen molar-refractivity contribution >= 4 is 0 Å². The molecule has 0 aromatic rings. The minimum Gasteiger partial charge on any atom is -0.510 e. The van der Waals surface area contributed by atoms with Gasteiger partial charge < -0.3 is 29.2 Å². The number of fused-ring (bicyclic) bond motifs is 1. The van der Waals surface area contributed by atoms with Crippen LogP contribution in [0.5, 0.6) is 0 Å². The highest BCUT2D eigenvalue weighted by Gasteiger charge is 2.65. The zero-order chi connectivity index (χ0) is 20.1. The maximum atomic E-state index is 10.0. The average molecular weight is 390 g/mol. The van der Waals surface area contributed by atoms with Gasteiger partial charge in [0.15, 0.2) is 0 Å². The molecule has 5 atom stereocenters. The fourth-order valence-electron chi connectivity index (χ4n) is 5.17. The second kappa shape index (κ2) is 6.94. The van der Waals surface area contributed by atoms with Gasteiger partial charge in [0, 0.05) is 37.2 Å². The summed E-state index contributed by atoms with van der Waals surface area (Å²) < 4.78 is 23.5. The van der Waals surface area contributed by atoms with Crippen molar-refractivity contribution < 1.29 is 29.2 Å². The first-order valence-electron chi connectivity index (χ1n) is 9.83. The Labute approximate surface area is 166 Å². The summed E-state index contributed by atoms with van der Waals surface area (Å²) >= 11 is 0. The molecule has 5 unspecified atom stereocenters. The van der Waals surface area contributed by atoms with Gasteiger partial charge in [-0.05, 0) is 17.2 Å². The van der Waals surface area contributed by atoms with Gasteiger partial charge in [0.1, 0.15) is 23.4 Å². The normalized spacial score (nSPS) is 40.7. The summed E-state index contributed by atoms with van der Waals surface area (Å²) in [6.45, 7) is 5.66. The summed E-state index contributed by atoms with van der Waals surface area (Å²) in [5.41, 5.74) is 1.89. The van der Waals surface area contributed by atoms with Crippen LogP contribution in [0.15, 0.2) is 46.7 Å². The van der Waals surface area contributed by atoms with Crippen LogP contribution in [-0.2, 0) is 18.9 Å². The third kappa shape index (κ3) is 2.73. The average Bonchev–Trinajstić information content (AvgIpc) is 3.10. The zero-order valence-corrected chi connectivity index (χ0v) is 17.0. The molecule has 6 heteroatoms. The van der Waals surface area contributed by atoms with Gasteiger partial charge in [-0.15, -0.1) is 0 Å². The monoisotopic (exact) mass is 390 g/mol. The van der Waals surface area contributed by atoms with E-state index >= 15 is 0 Å². The molecule has 4 rings (SSSR count). The number of hydrogen-bond acceptors (Lipinski definition) is 6. The molecular weight excluding hydrogens is 360 g/mol. The number of methoxy groups -OCH3 is 2. The van der Waals surface area contributed by atoms with E-state index in [0.29, 0.717) is 44.0 Å². The Hall–Kier alpha value is -1.76. The van der Waals surface area contributed by atoms with Crippen LogP contribution in [-0.4, -0.2) is 56.0 Å². The van der Waals surface area contributed by atoms with E-state index in [4.69, 9.17) is 18.9 Å². The summed E-state index contributed by atoms with van der Waals surface area (Å²) in [6, 6.07) is 0. The second-order valence-electron chi connectivity index (χ2n) is 8.71. The highest BCUT2D eigenvalue weighted by molar-refractivity contribution is 5.35.